The molecule has 0 saturated heterocycles. The van der Waals surface area contributed by atoms with Crippen molar-refractivity contribution in [1.82, 2.24) is 5.32 Å². The van der Waals surface area contributed by atoms with Gasteiger partial charge in [-0.2, -0.15) is 0 Å². The van der Waals surface area contributed by atoms with Gasteiger partial charge in [-0.15, -0.1) is 0 Å². The van der Waals surface area contributed by atoms with Crippen LogP contribution >= 0.6 is 0 Å². The Morgan fingerprint density at radius 1 is 0.833 bits per heavy atom. The summed E-state index contributed by atoms with van der Waals surface area (Å²) in [5.74, 6) is 1.07. The number of amides is 1. The number of benzene rings is 3. The third-order valence-corrected chi connectivity index (χ3v) is 7.35. The second-order valence-electron chi connectivity index (χ2n) is 8.33. The van der Waals surface area contributed by atoms with Gasteiger partial charge < -0.3 is 19.5 Å². The van der Waals surface area contributed by atoms with Crippen molar-refractivity contribution in [2.24, 2.45) is 0 Å². The highest BCUT2D eigenvalue weighted by molar-refractivity contribution is 7.92. The highest BCUT2D eigenvalue weighted by Crippen LogP contribution is 2.33. The Kier molecular flexibility index (Phi) is 8.82. The lowest BCUT2D eigenvalue weighted by molar-refractivity contribution is -0.119. The van der Waals surface area contributed by atoms with E-state index in [9.17, 15) is 13.2 Å². The number of hydrogen-bond donors (Lipinski definition) is 1. The van der Waals surface area contributed by atoms with Gasteiger partial charge in [0.15, 0.2) is 11.5 Å². The van der Waals surface area contributed by atoms with Crippen molar-refractivity contribution in [3.63, 3.8) is 0 Å². The van der Waals surface area contributed by atoms with Gasteiger partial charge in [-0.25, -0.2) is 8.42 Å². The van der Waals surface area contributed by atoms with Gasteiger partial charge in [0.25, 0.3) is 10.0 Å². The monoisotopic (exact) mass is 512 g/mol. The van der Waals surface area contributed by atoms with Gasteiger partial charge in [0.1, 0.15) is 18.9 Å². The van der Waals surface area contributed by atoms with Crippen LogP contribution in [0.1, 0.15) is 16.7 Å². The predicted octanol–water partition coefficient (Wildman–Crippen LogP) is 4.02. The van der Waals surface area contributed by atoms with Crippen LogP contribution in [0, 0.1) is 20.8 Å². The number of carbonyl (C=O) groups excluding carboxylic acids is 1. The van der Waals surface area contributed by atoms with Gasteiger partial charge >= 0.3 is 0 Å². The summed E-state index contributed by atoms with van der Waals surface area (Å²) in [6.07, 6.45) is 0. The van der Waals surface area contributed by atoms with E-state index in [2.05, 4.69) is 5.32 Å². The van der Waals surface area contributed by atoms with E-state index >= 15 is 0 Å². The first kappa shape index (κ1) is 26.9. The fourth-order valence-electron chi connectivity index (χ4n) is 3.63. The molecule has 1 N–H and O–H groups in total. The molecule has 0 saturated carbocycles. The van der Waals surface area contributed by atoms with Crippen molar-refractivity contribution >= 4 is 21.6 Å². The molecule has 3 aromatic carbocycles. The smallest absolute Gasteiger partial charge is 0.264 e. The van der Waals surface area contributed by atoms with Gasteiger partial charge in [0.2, 0.25) is 5.91 Å². The molecule has 0 aliphatic rings. The van der Waals surface area contributed by atoms with Gasteiger partial charge in [-0.1, -0.05) is 35.4 Å². The average molecular weight is 513 g/mol. The maximum atomic E-state index is 13.6. The van der Waals surface area contributed by atoms with Crippen molar-refractivity contribution in [3.8, 4) is 17.2 Å². The normalized spacial score (nSPS) is 11.0. The van der Waals surface area contributed by atoms with Crippen molar-refractivity contribution in [2.45, 2.75) is 25.7 Å². The van der Waals surface area contributed by atoms with Crippen LogP contribution in [-0.4, -0.2) is 48.2 Å². The Balaban J connectivity index is 1.78. The van der Waals surface area contributed by atoms with Gasteiger partial charge in [0.05, 0.1) is 31.3 Å². The van der Waals surface area contributed by atoms with Crippen LogP contribution in [0.2, 0.25) is 0 Å². The molecule has 192 valence electrons. The Labute approximate surface area is 212 Å². The lowest BCUT2D eigenvalue weighted by Crippen LogP contribution is -2.42. The minimum Gasteiger partial charge on any atom is -0.493 e. The molecule has 3 aromatic rings. The summed E-state index contributed by atoms with van der Waals surface area (Å²) in [6, 6.07) is 17.0. The average Bonchev–Trinajstić information content (AvgIpc) is 2.86. The number of aryl methyl sites for hydroxylation is 3. The number of rotatable bonds is 11. The number of ether oxygens (including phenoxy) is 3. The first-order valence-corrected chi connectivity index (χ1v) is 12.9. The maximum absolute atomic E-state index is 13.6. The number of sulfonamides is 1. The minimum atomic E-state index is -4.05. The third-order valence-electron chi connectivity index (χ3n) is 5.56. The highest BCUT2D eigenvalue weighted by Gasteiger charge is 2.28. The quantitative estimate of drug-likeness (QED) is 0.390. The zero-order chi connectivity index (χ0) is 26.3. The first-order chi connectivity index (χ1) is 17.1. The van der Waals surface area contributed by atoms with Crippen LogP contribution in [0.5, 0.6) is 17.2 Å². The topological polar surface area (TPSA) is 94.2 Å². The molecule has 0 aliphatic heterocycles. The second kappa shape index (κ2) is 11.8. The molecule has 0 radical (unpaired) electrons. The summed E-state index contributed by atoms with van der Waals surface area (Å²) < 4.78 is 44.5. The van der Waals surface area contributed by atoms with E-state index in [1.807, 2.05) is 39.0 Å². The van der Waals surface area contributed by atoms with Crippen molar-refractivity contribution < 1.29 is 27.4 Å². The molecule has 0 heterocycles. The molecule has 8 nitrogen and oxygen atoms in total. The van der Waals surface area contributed by atoms with Crippen LogP contribution in [0.4, 0.5) is 5.69 Å². The molecule has 1 amide bonds. The number of nitrogens with one attached hydrogen (secondary N) is 1. The SMILES string of the molecule is COc1ccc(N(CC(=O)NCCOc2ccc(C)cc2C)S(=O)(=O)c2ccc(C)cc2)cc1OC. The van der Waals surface area contributed by atoms with E-state index in [-0.39, 0.29) is 23.7 Å². The van der Waals surface area contributed by atoms with E-state index in [1.54, 1.807) is 24.3 Å². The van der Waals surface area contributed by atoms with Crippen LogP contribution < -0.4 is 23.8 Å². The molecule has 9 heteroatoms. The minimum absolute atomic E-state index is 0.0777. The molecule has 0 unspecified atom stereocenters. The number of nitrogens with zero attached hydrogens (tertiary/aromatic N) is 1. The molecular weight excluding hydrogens is 480 g/mol. The molecule has 36 heavy (non-hydrogen) atoms. The van der Waals surface area contributed by atoms with Crippen molar-refractivity contribution in [3.05, 3.63) is 77.4 Å². The summed E-state index contributed by atoms with van der Waals surface area (Å²) in [7, 11) is -1.10. The third kappa shape index (κ3) is 6.48. The largest absolute Gasteiger partial charge is 0.493 e. The Bertz CT molecular complexity index is 1310. The van der Waals surface area contributed by atoms with Crippen molar-refractivity contribution in [1.29, 1.82) is 0 Å². The number of carbonyl (C=O) groups is 1. The molecule has 0 aromatic heterocycles. The zero-order valence-corrected chi connectivity index (χ0v) is 22.0. The molecule has 0 fully saturated rings. The molecule has 0 aliphatic carbocycles. The summed E-state index contributed by atoms with van der Waals surface area (Å²) >= 11 is 0. The van der Waals surface area contributed by atoms with Crippen LogP contribution in [0.3, 0.4) is 0 Å². The van der Waals surface area contributed by atoms with Gasteiger partial charge in [-0.3, -0.25) is 9.10 Å². The fraction of sp³-hybridized carbons (Fsp3) is 0.296. The molecule has 3 rings (SSSR count). The van der Waals surface area contributed by atoms with Crippen LogP contribution in [-0.2, 0) is 14.8 Å². The van der Waals surface area contributed by atoms with E-state index in [1.165, 1.54) is 32.4 Å². The summed E-state index contributed by atoms with van der Waals surface area (Å²) in [6.45, 7) is 5.88. The van der Waals surface area contributed by atoms with Crippen molar-refractivity contribution in [2.75, 3.05) is 38.2 Å². The van der Waals surface area contributed by atoms with Crippen LogP contribution in [0.25, 0.3) is 0 Å². The molecule has 0 spiro atoms. The molecular formula is C27H32N2O6S. The van der Waals surface area contributed by atoms with E-state index < -0.39 is 22.5 Å². The first-order valence-electron chi connectivity index (χ1n) is 11.4. The lowest BCUT2D eigenvalue weighted by Gasteiger charge is -2.25. The number of anilines is 1. The van der Waals surface area contributed by atoms with E-state index in [0.29, 0.717) is 11.5 Å². The summed E-state index contributed by atoms with van der Waals surface area (Å²) in [4.78, 5) is 12.9. The molecule has 0 atom stereocenters. The predicted molar refractivity (Wildman–Crippen MR) is 140 cm³/mol. The molecule has 0 bridgehead atoms. The van der Waals surface area contributed by atoms with E-state index in [4.69, 9.17) is 14.2 Å². The summed E-state index contributed by atoms with van der Waals surface area (Å²) in [5, 5.41) is 2.74. The van der Waals surface area contributed by atoms with E-state index in [0.717, 1.165) is 26.7 Å². The number of methoxy groups -OCH3 is 2. The summed E-state index contributed by atoms with van der Waals surface area (Å²) in [5.41, 5.74) is 3.34. The Morgan fingerprint density at radius 3 is 2.11 bits per heavy atom. The fourth-order valence-corrected chi connectivity index (χ4v) is 5.04. The zero-order valence-electron chi connectivity index (χ0n) is 21.2. The standard InChI is InChI=1S/C27H32N2O6S/c1-19-6-10-23(11-7-19)36(31,32)29(22-9-13-25(33-4)26(17-22)34-5)18-27(30)28-14-15-35-24-12-8-20(2)16-21(24)3/h6-13,16-17H,14-15,18H2,1-5H3,(H,28,30). The van der Waals surface area contributed by atoms with Gasteiger partial charge in [-0.05, 0) is 56.7 Å². The lowest BCUT2D eigenvalue weighted by atomic mass is 10.1. The Morgan fingerprint density at radius 2 is 1.47 bits per heavy atom. The maximum Gasteiger partial charge on any atom is 0.264 e. The Hall–Kier alpha value is -3.72. The van der Waals surface area contributed by atoms with Crippen LogP contribution in [0.15, 0.2) is 65.6 Å². The highest BCUT2D eigenvalue weighted by atomic mass is 32.2. The second-order valence-corrected chi connectivity index (χ2v) is 10.2. The van der Waals surface area contributed by atoms with Gasteiger partial charge in [0, 0.05) is 6.07 Å². The number of hydrogen-bond acceptors (Lipinski definition) is 6.